The minimum atomic E-state index is -0.326. The molecule has 3 aromatic rings. The van der Waals surface area contributed by atoms with Gasteiger partial charge in [-0.25, -0.2) is 4.79 Å². The Hall–Kier alpha value is -3.78. The van der Waals surface area contributed by atoms with Crippen LogP contribution < -0.4 is 10.1 Å². The summed E-state index contributed by atoms with van der Waals surface area (Å²) in [5.74, 6) is 0.616. The Morgan fingerprint density at radius 1 is 0.892 bits per heavy atom. The van der Waals surface area contributed by atoms with Gasteiger partial charge >= 0.3 is 6.03 Å². The zero-order valence-corrected chi connectivity index (χ0v) is 22.1. The van der Waals surface area contributed by atoms with Gasteiger partial charge in [0.25, 0.3) is 0 Å². The van der Waals surface area contributed by atoms with Gasteiger partial charge in [-0.2, -0.15) is 0 Å². The third-order valence-corrected chi connectivity index (χ3v) is 5.92. The largest absolute Gasteiger partial charge is 0.494 e. The minimum Gasteiger partial charge on any atom is -0.494 e. The van der Waals surface area contributed by atoms with E-state index in [1.54, 1.807) is 21.9 Å². The van der Waals surface area contributed by atoms with E-state index in [0.29, 0.717) is 51.6 Å². The maximum absolute atomic E-state index is 13.6. The fraction of sp³-hybridized carbons (Fsp3) is 0.379. The number of rotatable bonds is 14. The molecule has 1 N–H and O–H groups in total. The number of anilines is 1. The molecule has 0 aliphatic heterocycles. The van der Waals surface area contributed by atoms with Crippen LogP contribution >= 0.6 is 0 Å². The van der Waals surface area contributed by atoms with Gasteiger partial charge in [0.2, 0.25) is 5.91 Å². The number of ether oxygens (including phenoxy) is 2. The number of urea groups is 1. The van der Waals surface area contributed by atoms with Crippen LogP contribution in [0.15, 0.2) is 72.9 Å². The number of benzene rings is 2. The molecule has 3 amide bonds. The van der Waals surface area contributed by atoms with Gasteiger partial charge in [0, 0.05) is 50.9 Å². The van der Waals surface area contributed by atoms with Crippen molar-refractivity contribution in [1.82, 2.24) is 14.4 Å². The highest BCUT2D eigenvalue weighted by Gasteiger charge is 2.22. The average molecular weight is 507 g/mol. The van der Waals surface area contributed by atoms with Gasteiger partial charge in [0.1, 0.15) is 12.3 Å². The van der Waals surface area contributed by atoms with Crippen molar-refractivity contribution in [2.24, 2.45) is 7.05 Å². The standard InChI is InChI=1S/C29H38N4O4/c1-4-36-20-10-19-32(29(35)30-25-14-16-27(17-15-25)37-5-2)23-28(34)33(21-24-11-7-6-8-12-24)22-26-13-9-18-31(26)3/h6-9,11-18H,4-5,10,19-23H2,1-3H3,(H,30,35). The van der Waals surface area contributed by atoms with Crippen LogP contribution in [0.2, 0.25) is 0 Å². The Labute approximate surface area is 219 Å². The molecule has 8 heteroatoms. The maximum atomic E-state index is 13.6. The molecule has 0 saturated carbocycles. The highest BCUT2D eigenvalue weighted by atomic mass is 16.5. The van der Waals surface area contributed by atoms with Crippen LogP contribution in [-0.2, 0) is 29.7 Å². The third kappa shape index (κ3) is 8.99. The topological polar surface area (TPSA) is 76.0 Å². The zero-order chi connectivity index (χ0) is 26.5. The normalized spacial score (nSPS) is 10.7. The summed E-state index contributed by atoms with van der Waals surface area (Å²) in [7, 11) is 1.96. The van der Waals surface area contributed by atoms with E-state index in [4.69, 9.17) is 9.47 Å². The first-order valence-corrected chi connectivity index (χ1v) is 12.8. The molecule has 2 aromatic carbocycles. The fourth-order valence-corrected chi connectivity index (χ4v) is 3.91. The van der Waals surface area contributed by atoms with Gasteiger partial charge in [-0.3, -0.25) is 4.79 Å². The highest BCUT2D eigenvalue weighted by Crippen LogP contribution is 2.17. The van der Waals surface area contributed by atoms with E-state index in [2.05, 4.69) is 5.32 Å². The molecule has 8 nitrogen and oxygen atoms in total. The fourth-order valence-electron chi connectivity index (χ4n) is 3.91. The van der Waals surface area contributed by atoms with Crippen LogP contribution in [0.25, 0.3) is 0 Å². The van der Waals surface area contributed by atoms with Gasteiger partial charge in [-0.15, -0.1) is 0 Å². The molecule has 0 atom stereocenters. The lowest BCUT2D eigenvalue weighted by Gasteiger charge is -2.28. The van der Waals surface area contributed by atoms with Gasteiger partial charge in [-0.05, 0) is 62.2 Å². The summed E-state index contributed by atoms with van der Waals surface area (Å²) >= 11 is 0. The summed E-state index contributed by atoms with van der Waals surface area (Å²) in [4.78, 5) is 30.2. The predicted octanol–water partition coefficient (Wildman–Crippen LogP) is 4.91. The molecule has 0 unspecified atom stereocenters. The van der Waals surface area contributed by atoms with E-state index >= 15 is 0 Å². The Bertz CT molecular complexity index is 1100. The van der Waals surface area contributed by atoms with E-state index < -0.39 is 0 Å². The van der Waals surface area contributed by atoms with Crippen molar-refractivity contribution in [3.8, 4) is 5.75 Å². The summed E-state index contributed by atoms with van der Waals surface area (Å²) in [5.41, 5.74) is 2.69. The van der Waals surface area contributed by atoms with E-state index in [1.807, 2.05) is 86.3 Å². The second-order valence-electron chi connectivity index (χ2n) is 8.71. The number of nitrogens with zero attached hydrogens (tertiary/aromatic N) is 3. The molecule has 0 radical (unpaired) electrons. The molecule has 0 saturated heterocycles. The molecule has 1 aromatic heterocycles. The van der Waals surface area contributed by atoms with E-state index in [0.717, 1.165) is 17.0 Å². The molecular formula is C29H38N4O4. The molecule has 1 heterocycles. The summed E-state index contributed by atoms with van der Waals surface area (Å²) < 4.78 is 12.9. The van der Waals surface area contributed by atoms with Gasteiger partial charge in [0.05, 0.1) is 13.2 Å². The average Bonchev–Trinajstić information content (AvgIpc) is 3.31. The van der Waals surface area contributed by atoms with Crippen molar-refractivity contribution in [2.45, 2.75) is 33.4 Å². The second-order valence-corrected chi connectivity index (χ2v) is 8.71. The van der Waals surface area contributed by atoms with Gasteiger partial charge in [-0.1, -0.05) is 30.3 Å². The SMILES string of the molecule is CCOCCCN(CC(=O)N(Cc1ccccc1)Cc1cccn1C)C(=O)Nc1ccc(OCC)cc1. The molecular weight excluding hydrogens is 468 g/mol. The number of aryl methyl sites for hydroxylation is 1. The molecule has 0 fully saturated rings. The molecule has 0 aliphatic rings. The lowest BCUT2D eigenvalue weighted by molar-refractivity contribution is -0.133. The number of carbonyl (C=O) groups excluding carboxylic acids is 2. The van der Waals surface area contributed by atoms with Gasteiger partial charge < -0.3 is 29.2 Å². The number of hydrogen-bond donors (Lipinski definition) is 1. The van der Waals surface area contributed by atoms with Crippen LogP contribution in [-0.4, -0.2) is 59.2 Å². The first kappa shape index (κ1) is 27.8. The number of amides is 3. The third-order valence-electron chi connectivity index (χ3n) is 5.92. The molecule has 3 rings (SSSR count). The first-order valence-electron chi connectivity index (χ1n) is 12.8. The summed E-state index contributed by atoms with van der Waals surface area (Å²) in [6.07, 6.45) is 2.60. The predicted molar refractivity (Wildman–Crippen MR) is 145 cm³/mol. The van der Waals surface area contributed by atoms with Crippen molar-refractivity contribution >= 4 is 17.6 Å². The van der Waals surface area contributed by atoms with E-state index in [9.17, 15) is 9.59 Å². The summed E-state index contributed by atoms with van der Waals surface area (Å²) in [6, 6.07) is 20.7. The van der Waals surface area contributed by atoms with Gasteiger partial charge in [0.15, 0.2) is 0 Å². The number of nitrogens with one attached hydrogen (secondary N) is 1. The van der Waals surface area contributed by atoms with Crippen LogP contribution in [0.1, 0.15) is 31.5 Å². The van der Waals surface area contributed by atoms with Crippen molar-refractivity contribution < 1.29 is 19.1 Å². The van der Waals surface area contributed by atoms with Crippen LogP contribution in [0.5, 0.6) is 5.75 Å². The van der Waals surface area contributed by atoms with E-state index in [-0.39, 0.29) is 18.5 Å². The Morgan fingerprint density at radius 2 is 1.65 bits per heavy atom. The van der Waals surface area contributed by atoms with Crippen molar-refractivity contribution in [2.75, 3.05) is 38.2 Å². The van der Waals surface area contributed by atoms with Crippen LogP contribution in [0, 0.1) is 0 Å². The lowest BCUT2D eigenvalue weighted by Crippen LogP contribution is -2.44. The summed E-state index contributed by atoms with van der Waals surface area (Å²) in [6.45, 7) is 6.83. The molecule has 0 bridgehead atoms. The number of aromatic nitrogens is 1. The van der Waals surface area contributed by atoms with Crippen molar-refractivity contribution in [3.63, 3.8) is 0 Å². The lowest BCUT2D eigenvalue weighted by atomic mass is 10.2. The molecule has 0 aliphatic carbocycles. The first-order chi connectivity index (χ1) is 18.0. The Kier molecular flexibility index (Phi) is 11.0. The van der Waals surface area contributed by atoms with Crippen LogP contribution in [0.3, 0.4) is 0 Å². The molecule has 37 heavy (non-hydrogen) atoms. The Balaban J connectivity index is 1.74. The quantitative estimate of drug-likeness (QED) is 0.315. The number of hydrogen-bond acceptors (Lipinski definition) is 4. The van der Waals surface area contributed by atoms with Crippen LogP contribution in [0.4, 0.5) is 10.5 Å². The monoisotopic (exact) mass is 506 g/mol. The molecule has 198 valence electrons. The highest BCUT2D eigenvalue weighted by molar-refractivity contribution is 5.92. The Morgan fingerprint density at radius 3 is 2.30 bits per heavy atom. The second kappa shape index (κ2) is 14.7. The van der Waals surface area contributed by atoms with E-state index in [1.165, 1.54) is 0 Å². The maximum Gasteiger partial charge on any atom is 0.322 e. The smallest absolute Gasteiger partial charge is 0.322 e. The number of carbonyl (C=O) groups is 2. The minimum absolute atomic E-state index is 0.0355. The van der Waals surface area contributed by atoms with Crippen molar-refractivity contribution in [3.05, 3.63) is 84.2 Å². The molecule has 0 spiro atoms. The summed E-state index contributed by atoms with van der Waals surface area (Å²) in [5, 5.41) is 2.92. The zero-order valence-electron chi connectivity index (χ0n) is 22.1. The van der Waals surface area contributed by atoms with Crippen molar-refractivity contribution in [1.29, 1.82) is 0 Å².